The van der Waals surface area contributed by atoms with Gasteiger partial charge in [-0.2, -0.15) is 4.73 Å². The molecule has 0 aliphatic carbocycles. The van der Waals surface area contributed by atoms with Crippen molar-refractivity contribution in [2.24, 2.45) is 0 Å². The van der Waals surface area contributed by atoms with Gasteiger partial charge in [0.1, 0.15) is 4.64 Å². The monoisotopic (exact) mass is 337 g/mol. The number of carbonyl (C=O) groups excluding carboxylic acids is 1. The molecule has 4 heteroatoms. The summed E-state index contributed by atoms with van der Waals surface area (Å²) in [7, 11) is 0. The molecule has 0 unspecified atom stereocenters. The molecule has 0 fully saturated rings. The fraction of sp³-hybridized carbons (Fsp3) is 0.684. The number of rotatable bonds is 13. The summed E-state index contributed by atoms with van der Waals surface area (Å²) in [5, 5.41) is 0. The molecule has 23 heavy (non-hydrogen) atoms. The molecule has 0 spiro atoms. The van der Waals surface area contributed by atoms with Gasteiger partial charge in [0.15, 0.2) is 0 Å². The zero-order chi connectivity index (χ0) is 16.8. The summed E-state index contributed by atoms with van der Waals surface area (Å²) in [6.45, 7) is 2.25. The highest BCUT2D eigenvalue weighted by molar-refractivity contribution is 7.71. The van der Waals surface area contributed by atoms with E-state index in [0.29, 0.717) is 11.1 Å². The topological polar surface area (TPSA) is 31.2 Å². The number of aromatic nitrogens is 1. The summed E-state index contributed by atoms with van der Waals surface area (Å²) in [5.41, 5.74) is 0. The highest BCUT2D eigenvalue weighted by Gasteiger charge is 2.04. The van der Waals surface area contributed by atoms with Crippen molar-refractivity contribution in [3.05, 3.63) is 29.0 Å². The van der Waals surface area contributed by atoms with Gasteiger partial charge in [-0.3, -0.25) is 0 Å². The molecule has 0 saturated carbocycles. The Bertz CT molecular complexity index is 484. The lowest BCUT2D eigenvalue weighted by Gasteiger charge is -2.06. The van der Waals surface area contributed by atoms with Gasteiger partial charge in [-0.05, 0) is 18.6 Å². The fourth-order valence-electron chi connectivity index (χ4n) is 2.58. The average Bonchev–Trinajstić information content (AvgIpc) is 2.55. The van der Waals surface area contributed by atoms with Crippen molar-refractivity contribution in [1.29, 1.82) is 0 Å². The summed E-state index contributed by atoms with van der Waals surface area (Å²) in [6.07, 6.45) is 16.2. The maximum atomic E-state index is 11.7. The van der Waals surface area contributed by atoms with Crippen LogP contribution in [-0.4, -0.2) is 10.7 Å². The van der Waals surface area contributed by atoms with Gasteiger partial charge in [-0.1, -0.05) is 89.4 Å². The van der Waals surface area contributed by atoms with Crippen LogP contribution >= 0.6 is 12.2 Å². The van der Waals surface area contributed by atoms with E-state index >= 15 is 0 Å². The summed E-state index contributed by atoms with van der Waals surface area (Å²) >= 11 is 5.08. The molecule has 3 nitrogen and oxygen atoms in total. The maximum Gasteiger partial charge on any atom is 0.332 e. The van der Waals surface area contributed by atoms with E-state index in [1.165, 1.54) is 62.5 Å². The quantitative estimate of drug-likeness (QED) is 0.333. The van der Waals surface area contributed by atoms with Gasteiger partial charge in [0.05, 0.1) is 0 Å². The number of pyridine rings is 1. The van der Waals surface area contributed by atoms with Crippen molar-refractivity contribution in [2.45, 2.75) is 84.0 Å². The lowest BCUT2D eigenvalue weighted by atomic mass is 10.1. The molecule has 1 aromatic heterocycles. The lowest BCUT2D eigenvalue weighted by molar-refractivity contribution is -0.144. The van der Waals surface area contributed by atoms with Crippen molar-refractivity contribution in [3.8, 4) is 0 Å². The summed E-state index contributed by atoms with van der Waals surface area (Å²) in [6, 6.07) is 5.37. The molecule has 0 aromatic carbocycles. The zero-order valence-corrected chi connectivity index (χ0v) is 15.3. The molecule has 130 valence electrons. The minimum absolute atomic E-state index is 0.205. The number of hydrogen-bond donors (Lipinski definition) is 0. The third-order valence-corrected chi connectivity index (χ3v) is 4.29. The first-order valence-electron chi connectivity index (χ1n) is 9.13. The van der Waals surface area contributed by atoms with Crippen LogP contribution in [0.25, 0.3) is 0 Å². The largest absolute Gasteiger partial charge is 0.336 e. The normalized spacial score (nSPS) is 10.7. The molecule has 0 bridgehead atoms. The van der Waals surface area contributed by atoms with Crippen LogP contribution in [0.15, 0.2) is 24.4 Å². The molecular formula is C19H31NO2S. The molecule has 0 radical (unpaired) electrons. The molecule has 0 aliphatic heterocycles. The second-order valence-corrected chi connectivity index (χ2v) is 6.53. The van der Waals surface area contributed by atoms with Crippen LogP contribution in [0.2, 0.25) is 0 Å². The van der Waals surface area contributed by atoms with Crippen LogP contribution in [0.1, 0.15) is 84.0 Å². The Balaban J connectivity index is 1.94. The van der Waals surface area contributed by atoms with E-state index in [0.717, 1.165) is 12.8 Å². The molecule has 1 heterocycles. The van der Waals surface area contributed by atoms with Gasteiger partial charge >= 0.3 is 5.97 Å². The number of hydrogen-bond acceptors (Lipinski definition) is 3. The Morgan fingerprint density at radius 1 is 0.957 bits per heavy atom. The maximum absolute atomic E-state index is 11.7. The second-order valence-electron chi connectivity index (χ2n) is 6.11. The van der Waals surface area contributed by atoms with E-state index in [-0.39, 0.29) is 5.97 Å². The predicted molar refractivity (Wildman–Crippen MR) is 97.9 cm³/mol. The van der Waals surface area contributed by atoms with Gasteiger partial charge in [0.2, 0.25) is 0 Å². The standard InChI is InChI=1S/C19H31NO2S/c1-2-3-4-5-6-7-8-9-10-11-12-16-19(21)22-20-17-14-13-15-18(20)23/h13-15,17H,2-12,16H2,1H3. The van der Waals surface area contributed by atoms with Gasteiger partial charge < -0.3 is 4.84 Å². The minimum Gasteiger partial charge on any atom is -0.336 e. The van der Waals surface area contributed by atoms with Gasteiger partial charge in [0.25, 0.3) is 0 Å². The first kappa shape index (κ1) is 19.9. The van der Waals surface area contributed by atoms with E-state index in [2.05, 4.69) is 6.92 Å². The van der Waals surface area contributed by atoms with E-state index in [1.54, 1.807) is 18.3 Å². The molecule has 0 aliphatic rings. The Morgan fingerprint density at radius 3 is 2.09 bits per heavy atom. The van der Waals surface area contributed by atoms with Crippen molar-refractivity contribution in [2.75, 3.05) is 0 Å². The van der Waals surface area contributed by atoms with E-state index in [4.69, 9.17) is 17.1 Å². The highest BCUT2D eigenvalue weighted by atomic mass is 32.1. The number of nitrogens with zero attached hydrogens (tertiary/aromatic N) is 1. The molecule has 1 aromatic rings. The van der Waals surface area contributed by atoms with Crippen molar-refractivity contribution >= 4 is 18.2 Å². The Labute approximate surface area is 146 Å². The average molecular weight is 338 g/mol. The van der Waals surface area contributed by atoms with Crippen LogP contribution in [0.4, 0.5) is 0 Å². The Hall–Kier alpha value is -1.16. The molecule has 0 amide bonds. The minimum atomic E-state index is -0.205. The van der Waals surface area contributed by atoms with Crippen LogP contribution in [0.5, 0.6) is 0 Å². The third kappa shape index (κ3) is 10.3. The third-order valence-electron chi connectivity index (χ3n) is 3.97. The van der Waals surface area contributed by atoms with Gasteiger partial charge in [-0.25, -0.2) is 4.79 Å². The lowest BCUT2D eigenvalue weighted by Crippen LogP contribution is -2.19. The van der Waals surface area contributed by atoms with Crippen LogP contribution < -0.4 is 4.84 Å². The van der Waals surface area contributed by atoms with Crippen molar-refractivity contribution in [1.82, 2.24) is 4.73 Å². The smallest absolute Gasteiger partial charge is 0.332 e. The molecule has 1 rings (SSSR count). The predicted octanol–water partition coefficient (Wildman–Crippen LogP) is 5.87. The van der Waals surface area contributed by atoms with Gasteiger partial charge in [-0.15, -0.1) is 0 Å². The van der Waals surface area contributed by atoms with E-state index in [9.17, 15) is 4.79 Å². The molecular weight excluding hydrogens is 306 g/mol. The van der Waals surface area contributed by atoms with E-state index in [1.807, 2.05) is 6.07 Å². The SMILES string of the molecule is CCCCCCCCCCCCCC(=O)On1ccccc1=S. The van der Waals surface area contributed by atoms with Crippen LogP contribution in [0, 0.1) is 4.64 Å². The molecule has 0 atom stereocenters. The summed E-state index contributed by atoms with van der Waals surface area (Å²) < 4.78 is 1.87. The highest BCUT2D eigenvalue weighted by Crippen LogP contribution is 2.12. The molecule has 0 saturated heterocycles. The molecule has 0 N–H and O–H groups in total. The van der Waals surface area contributed by atoms with Crippen LogP contribution in [-0.2, 0) is 4.79 Å². The zero-order valence-electron chi connectivity index (χ0n) is 14.5. The van der Waals surface area contributed by atoms with Crippen molar-refractivity contribution < 1.29 is 9.63 Å². The van der Waals surface area contributed by atoms with Crippen LogP contribution in [0.3, 0.4) is 0 Å². The first-order valence-corrected chi connectivity index (χ1v) is 9.53. The Kier molecular flexibility index (Phi) is 11.5. The summed E-state index contributed by atoms with van der Waals surface area (Å²) in [5.74, 6) is -0.205. The number of unbranched alkanes of at least 4 members (excludes halogenated alkanes) is 10. The summed E-state index contributed by atoms with van der Waals surface area (Å²) in [4.78, 5) is 16.9. The Morgan fingerprint density at radius 2 is 1.52 bits per heavy atom. The van der Waals surface area contributed by atoms with Crippen molar-refractivity contribution in [3.63, 3.8) is 0 Å². The second kappa shape index (κ2) is 13.3. The van der Waals surface area contributed by atoms with Gasteiger partial charge in [0, 0.05) is 12.6 Å². The fourth-order valence-corrected chi connectivity index (χ4v) is 2.75. The number of carbonyl (C=O) groups is 1. The first-order chi connectivity index (χ1) is 11.2. The van der Waals surface area contributed by atoms with E-state index < -0.39 is 0 Å².